The number of fused-ring (bicyclic) bond motifs is 1. The Kier molecular flexibility index (Phi) is 6.34. The number of carbonyl (C=O) groups is 1. The Labute approximate surface area is 204 Å². The van der Waals surface area contributed by atoms with Gasteiger partial charge in [-0.2, -0.15) is 0 Å². The lowest BCUT2D eigenvalue weighted by molar-refractivity contribution is -0.125. The van der Waals surface area contributed by atoms with Crippen molar-refractivity contribution in [2.75, 3.05) is 18.0 Å². The van der Waals surface area contributed by atoms with Crippen molar-refractivity contribution in [3.05, 3.63) is 80.7 Å². The van der Waals surface area contributed by atoms with Crippen molar-refractivity contribution >= 4 is 45.0 Å². The molecule has 174 valence electrons. The van der Waals surface area contributed by atoms with Gasteiger partial charge in [-0.1, -0.05) is 48.0 Å². The molecule has 1 fully saturated rings. The zero-order valence-corrected chi connectivity index (χ0v) is 19.8. The highest BCUT2D eigenvalue weighted by atomic mass is 35.5. The molecule has 5 rings (SSSR count). The molecule has 4 aromatic rings. The Hall–Kier alpha value is -3.23. The summed E-state index contributed by atoms with van der Waals surface area (Å²) < 4.78 is 14.0. The fourth-order valence-electron chi connectivity index (χ4n) is 4.25. The second kappa shape index (κ2) is 9.56. The van der Waals surface area contributed by atoms with Crippen LogP contribution in [-0.4, -0.2) is 29.0 Å². The summed E-state index contributed by atoms with van der Waals surface area (Å²) in [5, 5.41) is 4.91. The van der Waals surface area contributed by atoms with Crippen LogP contribution in [0.1, 0.15) is 18.4 Å². The Morgan fingerprint density at radius 1 is 1.26 bits per heavy atom. The molecule has 1 aliphatic rings. The molecule has 3 heterocycles. The molecule has 1 amide bonds. The summed E-state index contributed by atoms with van der Waals surface area (Å²) in [7, 11) is 0. The fourth-order valence-corrected chi connectivity index (χ4v) is 5.37. The number of nitrogens with zero attached hydrogens (tertiary/aromatic N) is 2. The number of thiophene rings is 1. The molecule has 0 bridgehead atoms. The van der Waals surface area contributed by atoms with E-state index in [1.165, 1.54) is 23.5 Å². The van der Waals surface area contributed by atoms with Gasteiger partial charge in [-0.25, -0.2) is 9.37 Å². The number of halogens is 2. The second-order valence-corrected chi connectivity index (χ2v) is 9.62. The predicted octanol–water partition coefficient (Wildman–Crippen LogP) is 4.98. The Morgan fingerprint density at radius 3 is 2.88 bits per heavy atom. The van der Waals surface area contributed by atoms with E-state index in [4.69, 9.17) is 16.6 Å². The van der Waals surface area contributed by atoms with E-state index in [9.17, 15) is 14.0 Å². The number of nitrogens with one attached hydrogen (secondary N) is 2. The van der Waals surface area contributed by atoms with Gasteiger partial charge in [0.2, 0.25) is 11.9 Å². The van der Waals surface area contributed by atoms with Gasteiger partial charge >= 0.3 is 0 Å². The molecule has 0 radical (unpaired) electrons. The molecule has 0 aliphatic carbocycles. The molecule has 1 atom stereocenters. The van der Waals surface area contributed by atoms with Crippen LogP contribution in [-0.2, 0) is 11.3 Å². The summed E-state index contributed by atoms with van der Waals surface area (Å²) in [5.41, 5.74) is 3.17. The minimum absolute atomic E-state index is 0.0318. The average Bonchev–Trinajstić information content (AvgIpc) is 3.30. The summed E-state index contributed by atoms with van der Waals surface area (Å²) >= 11 is 7.21. The van der Waals surface area contributed by atoms with Crippen molar-refractivity contribution in [3.63, 3.8) is 0 Å². The van der Waals surface area contributed by atoms with Gasteiger partial charge in [-0.05, 0) is 36.1 Å². The first-order chi connectivity index (χ1) is 16.5. The van der Waals surface area contributed by atoms with Crippen LogP contribution in [0.15, 0.2) is 58.7 Å². The van der Waals surface area contributed by atoms with Crippen molar-refractivity contribution in [1.29, 1.82) is 0 Å². The third kappa shape index (κ3) is 4.56. The molecule has 0 unspecified atom stereocenters. The maximum atomic E-state index is 13.4. The van der Waals surface area contributed by atoms with Crippen LogP contribution in [0, 0.1) is 11.7 Å². The van der Waals surface area contributed by atoms with Gasteiger partial charge in [0.1, 0.15) is 10.5 Å². The third-order valence-corrected chi connectivity index (χ3v) is 7.30. The van der Waals surface area contributed by atoms with Crippen LogP contribution >= 0.6 is 22.9 Å². The first-order valence-corrected chi connectivity index (χ1v) is 12.3. The van der Waals surface area contributed by atoms with Gasteiger partial charge < -0.3 is 10.2 Å². The zero-order chi connectivity index (χ0) is 23.7. The van der Waals surface area contributed by atoms with Crippen LogP contribution in [0.4, 0.5) is 10.3 Å². The number of amides is 1. The third-order valence-electron chi connectivity index (χ3n) is 6.04. The number of H-pyrrole nitrogens is 1. The number of hydrogen-bond acceptors (Lipinski definition) is 5. The highest BCUT2D eigenvalue weighted by Crippen LogP contribution is 2.32. The molecule has 1 aliphatic heterocycles. The van der Waals surface area contributed by atoms with Crippen LogP contribution in [0.5, 0.6) is 0 Å². The quantitative estimate of drug-likeness (QED) is 0.408. The van der Waals surface area contributed by atoms with Gasteiger partial charge in [0.05, 0.1) is 16.5 Å². The standard InChI is InChI=1S/C25H22ClFN4O2S/c26-19-11-15(8-9-20(19)27)12-28-23(32)17-7-4-10-31(13-17)25-29-21-18(16-5-2-1-3-6-16)14-34-22(21)24(33)30-25/h1-3,5-6,8-9,11,14,17H,4,7,10,12-13H2,(H,28,32)(H,29,30,33)/t17-/m1/s1. The molecular weight excluding hydrogens is 475 g/mol. The molecule has 0 saturated carbocycles. The summed E-state index contributed by atoms with van der Waals surface area (Å²) in [6.45, 7) is 1.43. The Balaban J connectivity index is 1.34. The zero-order valence-electron chi connectivity index (χ0n) is 18.2. The molecule has 9 heteroatoms. The number of carbonyl (C=O) groups excluding carboxylic acids is 1. The monoisotopic (exact) mass is 496 g/mol. The average molecular weight is 497 g/mol. The highest BCUT2D eigenvalue weighted by Gasteiger charge is 2.27. The number of rotatable bonds is 5. The molecule has 1 saturated heterocycles. The maximum Gasteiger partial charge on any atom is 0.270 e. The van der Waals surface area contributed by atoms with Crippen molar-refractivity contribution in [1.82, 2.24) is 15.3 Å². The van der Waals surface area contributed by atoms with E-state index in [1.54, 1.807) is 6.07 Å². The minimum Gasteiger partial charge on any atom is -0.352 e. The molecule has 0 spiro atoms. The topological polar surface area (TPSA) is 78.1 Å². The number of anilines is 1. The number of piperidine rings is 1. The van der Waals surface area contributed by atoms with E-state index in [2.05, 4.69) is 10.3 Å². The molecule has 6 nitrogen and oxygen atoms in total. The lowest BCUT2D eigenvalue weighted by Crippen LogP contribution is -2.44. The number of benzene rings is 2. The number of hydrogen-bond donors (Lipinski definition) is 2. The van der Waals surface area contributed by atoms with Crippen molar-refractivity contribution in [2.24, 2.45) is 5.92 Å². The summed E-state index contributed by atoms with van der Waals surface area (Å²) in [6.07, 6.45) is 1.55. The lowest BCUT2D eigenvalue weighted by atomic mass is 9.97. The predicted molar refractivity (Wildman–Crippen MR) is 134 cm³/mol. The first-order valence-electron chi connectivity index (χ1n) is 11.0. The van der Waals surface area contributed by atoms with E-state index in [0.29, 0.717) is 29.3 Å². The van der Waals surface area contributed by atoms with Gasteiger partial charge in [0.25, 0.3) is 5.56 Å². The Bertz CT molecular complexity index is 1410. The molecule has 2 aromatic carbocycles. The number of aromatic nitrogens is 2. The largest absolute Gasteiger partial charge is 0.352 e. The van der Waals surface area contributed by atoms with Crippen molar-refractivity contribution < 1.29 is 9.18 Å². The van der Waals surface area contributed by atoms with Crippen LogP contribution in [0.25, 0.3) is 21.3 Å². The second-order valence-electron chi connectivity index (χ2n) is 8.33. The molecular formula is C25H22ClFN4O2S. The van der Waals surface area contributed by atoms with Gasteiger partial charge in [-0.3, -0.25) is 14.6 Å². The van der Waals surface area contributed by atoms with E-state index in [1.807, 2.05) is 40.6 Å². The highest BCUT2D eigenvalue weighted by molar-refractivity contribution is 7.17. The summed E-state index contributed by atoms with van der Waals surface area (Å²) in [5.74, 6) is -0.342. The van der Waals surface area contributed by atoms with Crippen molar-refractivity contribution in [3.8, 4) is 11.1 Å². The molecule has 34 heavy (non-hydrogen) atoms. The van der Waals surface area contributed by atoms with Gasteiger partial charge in [0, 0.05) is 30.6 Å². The minimum atomic E-state index is -0.487. The Morgan fingerprint density at radius 2 is 2.09 bits per heavy atom. The van der Waals surface area contributed by atoms with E-state index < -0.39 is 5.82 Å². The van der Waals surface area contributed by atoms with Crippen LogP contribution < -0.4 is 15.8 Å². The van der Waals surface area contributed by atoms with E-state index in [0.717, 1.165) is 29.5 Å². The van der Waals surface area contributed by atoms with E-state index in [-0.39, 0.29) is 29.0 Å². The maximum absolute atomic E-state index is 13.4. The molecule has 2 aromatic heterocycles. The van der Waals surface area contributed by atoms with Crippen molar-refractivity contribution in [2.45, 2.75) is 19.4 Å². The summed E-state index contributed by atoms with van der Waals surface area (Å²) in [6, 6.07) is 14.3. The lowest BCUT2D eigenvalue weighted by Gasteiger charge is -2.32. The van der Waals surface area contributed by atoms with Gasteiger partial charge in [0.15, 0.2) is 0 Å². The SMILES string of the molecule is O=C(NCc1ccc(F)c(Cl)c1)[C@@H]1CCCN(c2nc3c(-c4ccccc4)csc3c(=O)[nH]2)C1. The number of aromatic amines is 1. The fraction of sp³-hybridized carbons (Fsp3) is 0.240. The summed E-state index contributed by atoms with van der Waals surface area (Å²) in [4.78, 5) is 35.3. The smallest absolute Gasteiger partial charge is 0.270 e. The van der Waals surface area contributed by atoms with Crippen LogP contribution in [0.2, 0.25) is 5.02 Å². The normalized spacial score (nSPS) is 16.1. The first kappa shape index (κ1) is 22.6. The van der Waals surface area contributed by atoms with Crippen LogP contribution in [0.3, 0.4) is 0 Å². The van der Waals surface area contributed by atoms with Gasteiger partial charge in [-0.15, -0.1) is 11.3 Å². The molecule has 2 N–H and O–H groups in total. The van der Waals surface area contributed by atoms with E-state index >= 15 is 0 Å².